The minimum atomic E-state index is -0.170. The summed E-state index contributed by atoms with van der Waals surface area (Å²) < 4.78 is 5.32. The average Bonchev–Trinajstić information content (AvgIpc) is 2.27. The molecule has 0 bridgehead atoms. The molecule has 0 fully saturated rings. The first-order valence-corrected chi connectivity index (χ1v) is 5.81. The van der Waals surface area contributed by atoms with Crippen LogP contribution in [0, 0.1) is 0 Å². The first-order chi connectivity index (χ1) is 7.63. The second kappa shape index (κ2) is 9.36. The van der Waals surface area contributed by atoms with E-state index in [4.69, 9.17) is 9.57 Å². The van der Waals surface area contributed by atoms with Crippen molar-refractivity contribution in [2.24, 2.45) is 0 Å². The van der Waals surface area contributed by atoms with Crippen LogP contribution in [0.4, 0.5) is 0 Å². The standard InChI is InChI=1S/C12H23NO3/c1-5-7-8-15-9-10-16-13(6-2)12(14)11(3)4/h3,5-10H2,1-2,4H3. The van der Waals surface area contributed by atoms with Gasteiger partial charge in [-0.25, -0.2) is 5.06 Å². The summed E-state index contributed by atoms with van der Waals surface area (Å²) in [5.41, 5.74) is 0.480. The monoisotopic (exact) mass is 229 g/mol. The largest absolute Gasteiger partial charge is 0.379 e. The minimum Gasteiger partial charge on any atom is -0.379 e. The highest BCUT2D eigenvalue weighted by Crippen LogP contribution is 1.99. The predicted octanol–water partition coefficient (Wildman–Crippen LogP) is 2.16. The van der Waals surface area contributed by atoms with Crippen LogP contribution in [0.25, 0.3) is 0 Å². The Morgan fingerprint density at radius 3 is 2.44 bits per heavy atom. The van der Waals surface area contributed by atoms with Gasteiger partial charge in [0.15, 0.2) is 0 Å². The molecule has 0 saturated carbocycles. The van der Waals surface area contributed by atoms with E-state index >= 15 is 0 Å². The molecule has 0 radical (unpaired) electrons. The van der Waals surface area contributed by atoms with E-state index in [0.717, 1.165) is 19.4 Å². The topological polar surface area (TPSA) is 38.8 Å². The van der Waals surface area contributed by atoms with Gasteiger partial charge in [-0.3, -0.25) is 9.63 Å². The smallest absolute Gasteiger partial charge is 0.272 e. The molecule has 4 heteroatoms. The fourth-order valence-corrected chi connectivity index (χ4v) is 1.06. The first-order valence-electron chi connectivity index (χ1n) is 5.81. The first kappa shape index (κ1) is 15.1. The molecule has 16 heavy (non-hydrogen) atoms. The fourth-order valence-electron chi connectivity index (χ4n) is 1.06. The van der Waals surface area contributed by atoms with Crippen molar-refractivity contribution in [2.45, 2.75) is 33.6 Å². The maximum absolute atomic E-state index is 11.5. The van der Waals surface area contributed by atoms with Crippen molar-refractivity contribution in [1.29, 1.82) is 0 Å². The SMILES string of the molecule is C=C(C)C(=O)N(CC)OCCOCCCC. The molecule has 0 aliphatic rings. The van der Waals surface area contributed by atoms with Gasteiger partial charge in [0.25, 0.3) is 5.91 Å². The lowest BCUT2D eigenvalue weighted by Crippen LogP contribution is -2.32. The normalized spacial score (nSPS) is 10.2. The zero-order valence-electron chi connectivity index (χ0n) is 10.6. The zero-order chi connectivity index (χ0) is 12.4. The van der Waals surface area contributed by atoms with Crippen LogP contribution in [0.3, 0.4) is 0 Å². The van der Waals surface area contributed by atoms with Crippen LogP contribution < -0.4 is 0 Å². The molecule has 0 rings (SSSR count). The Kier molecular flexibility index (Phi) is 8.85. The molecular weight excluding hydrogens is 206 g/mol. The van der Waals surface area contributed by atoms with Crippen LogP contribution in [-0.2, 0) is 14.4 Å². The summed E-state index contributed by atoms with van der Waals surface area (Å²) in [6, 6.07) is 0. The molecule has 0 aliphatic carbocycles. The molecule has 0 atom stereocenters. The lowest BCUT2D eigenvalue weighted by atomic mass is 10.3. The predicted molar refractivity (Wildman–Crippen MR) is 63.9 cm³/mol. The van der Waals surface area contributed by atoms with Gasteiger partial charge in [0.1, 0.15) is 0 Å². The number of carbonyl (C=O) groups is 1. The Labute approximate surface area is 98.2 Å². The van der Waals surface area contributed by atoms with Gasteiger partial charge in [0.2, 0.25) is 0 Å². The third-order valence-corrected chi connectivity index (χ3v) is 2.00. The van der Waals surface area contributed by atoms with Crippen LogP contribution >= 0.6 is 0 Å². The van der Waals surface area contributed by atoms with Gasteiger partial charge in [0.05, 0.1) is 13.2 Å². The van der Waals surface area contributed by atoms with Gasteiger partial charge in [-0.1, -0.05) is 19.9 Å². The third kappa shape index (κ3) is 6.58. The van der Waals surface area contributed by atoms with Gasteiger partial charge >= 0.3 is 0 Å². The Morgan fingerprint density at radius 1 is 1.25 bits per heavy atom. The number of ether oxygens (including phenoxy) is 1. The van der Waals surface area contributed by atoms with E-state index in [9.17, 15) is 4.79 Å². The summed E-state index contributed by atoms with van der Waals surface area (Å²) in [5, 5.41) is 1.31. The maximum atomic E-state index is 11.5. The molecule has 4 nitrogen and oxygen atoms in total. The van der Waals surface area contributed by atoms with E-state index in [-0.39, 0.29) is 5.91 Å². The number of unbranched alkanes of at least 4 members (excludes halogenated alkanes) is 1. The lowest BCUT2D eigenvalue weighted by Gasteiger charge is -2.20. The van der Waals surface area contributed by atoms with Crippen molar-refractivity contribution >= 4 is 5.91 Å². The Bertz CT molecular complexity index is 216. The molecule has 0 unspecified atom stereocenters. The number of hydroxylamine groups is 2. The van der Waals surface area contributed by atoms with E-state index in [1.165, 1.54) is 5.06 Å². The number of hydrogen-bond acceptors (Lipinski definition) is 3. The van der Waals surface area contributed by atoms with Crippen LogP contribution in [0.2, 0.25) is 0 Å². The van der Waals surface area contributed by atoms with Gasteiger partial charge < -0.3 is 4.74 Å². The van der Waals surface area contributed by atoms with Crippen molar-refractivity contribution in [1.82, 2.24) is 5.06 Å². The van der Waals surface area contributed by atoms with E-state index in [1.54, 1.807) is 6.92 Å². The molecule has 0 aromatic carbocycles. The Morgan fingerprint density at radius 2 is 1.94 bits per heavy atom. The second-order valence-corrected chi connectivity index (χ2v) is 3.58. The minimum absolute atomic E-state index is 0.170. The van der Waals surface area contributed by atoms with Crippen LogP contribution in [-0.4, -0.2) is 37.3 Å². The molecule has 0 N–H and O–H groups in total. The number of amides is 1. The van der Waals surface area contributed by atoms with Crippen LogP contribution in [0.15, 0.2) is 12.2 Å². The van der Waals surface area contributed by atoms with Crippen LogP contribution in [0.5, 0.6) is 0 Å². The Balaban J connectivity index is 3.63. The highest BCUT2D eigenvalue weighted by molar-refractivity contribution is 5.91. The maximum Gasteiger partial charge on any atom is 0.272 e. The number of rotatable bonds is 9. The summed E-state index contributed by atoms with van der Waals surface area (Å²) in [7, 11) is 0. The lowest BCUT2D eigenvalue weighted by molar-refractivity contribution is -0.185. The second-order valence-electron chi connectivity index (χ2n) is 3.58. The fraction of sp³-hybridized carbons (Fsp3) is 0.750. The third-order valence-electron chi connectivity index (χ3n) is 2.00. The van der Waals surface area contributed by atoms with Crippen molar-refractivity contribution < 1.29 is 14.4 Å². The molecule has 0 aliphatic heterocycles. The summed E-state index contributed by atoms with van der Waals surface area (Å²) in [6.45, 7) is 11.4. The average molecular weight is 229 g/mol. The quantitative estimate of drug-likeness (QED) is 0.345. The van der Waals surface area contributed by atoms with Crippen molar-refractivity contribution in [3.63, 3.8) is 0 Å². The number of hydrogen-bond donors (Lipinski definition) is 0. The summed E-state index contributed by atoms with van der Waals surface area (Å²) in [5.74, 6) is -0.170. The molecule has 0 heterocycles. The molecule has 0 aromatic heterocycles. The summed E-state index contributed by atoms with van der Waals surface area (Å²) in [4.78, 5) is 16.8. The van der Waals surface area contributed by atoms with E-state index in [0.29, 0.717) is 25.3 Å². The highest BCUT2D eigenvalue weighted by Gasteiger charge is 2.12. The van der Waals surface area contributed by atoms with Crippen molar-refractivity contribution in [2.75, 3.05) is 26.4 Å². The van der Waals surface area contributed by atoms with E-state index in [1.807, 2.05) is 6.92 Å². The highest BCUT2D eigenvalue weighted by atomic mass is 16.7. The van der Waals surface area contributed by atoms with Gasteiger partial charge in [0, 0.05) is 18.7 Å². The van der Waals surface area contributed by atoms with Crippen molar-refractivity contribution in [3.8, 4) is 0 Å². The van der Waals surface area contributed by atoms with E-state index in [2.05, 4.69) is 13.5 Å². The van der Waals surface area contributed by atoms with E-state index < -0.39 is 0 Å². The number of nitrogens with zero attached hydrogens (tertiary/aromatic N) is 1. The zero-order valence-corrected chi connectivity index (χ0v) is 10.6. The number of carbonyl (C=O) groups excluding carboxylic acids is 1. The van der Waals surface area contributed by atoms with Gasteiger partial charge in [-0.15, -0.1) is 0 Å². The molecule has 0 aromatic rings. The summed E-state index contributed by atoms with van der Waals surface area (Å²) in [6.07, 6.45) is 2.18. The molecule has 0 saturated heterocycles. The molecular formula is C12H23NO3. The Hall–Kier alpha value is -0.870. The van der Waals surface area contributed by atoms with Crippen molar-refractivity contribution in [3.05, 3.63) is 12.2 Å². The van der Waals surface area contributed by atoms with Crippen LogP contribution in [0.1, 0.15) is 33.6 Å². The molecule has 1 amide bonds. The van der Waals surface area contributed by atoms with Gasteiger partial charge in [-0.05, 0) is 20.3 Å². The summed E-state index contributed by atoms with van der Waals surface area (Å²) >= 11 is 0. The molecule has 0 spiro atoms. The molecule has 94 valence electrons. The number of likely N-dealkylation sites (N-methyl/N-ethyl adjacent to an activating group) is 1. The van der Waals surface area contributed by atoms with Gasteiger partial charge in [-0.2, -0.15) is 0 Å².